The third-order valence-corrected chi connectivity index (χ3v) is 5.74. The van der Waals surface area contributed by atoms with Crippen LogP contribution in [-0.4, -0.2) is 23.4 Å². The molecule has 1 N–H and O–H groups in total. The summed E-state index contributed by atoms with van der Waals surface area (Å²) >= 11 is 3.76. The van der Waals surface area contributed by atoms with Gasteiger partial charge in [-0.1, -0.05) is 20.3 Å². The summed E-state index contributed by atoms with van der Waals surface area (Å²) in [4.78, 5) is 0. The normalized spacial score (nSPS) is 26.9. The Hall–Kier alpha value is -0.350. The molecule has 114 valence electrons. The van der Waals surface area contributed by atoms with Crippen molar-refractivity contribution in [3.63, 3.8) is 0 Å². The maximum Gasteiger partial charge on any atom is 0.0766 e. The van der Waals surface area contributed by atoms with Gasteiger partial charge in [-0.2, -0.15) is 5.10 Å². The molecule has 3 unspecified atom stereocenters. The van der Waals surface area contributed by atoms with E-state index < -0.39 is 0 Å². The lowest BCUT2D eigenvalue weighted by Gasteiger charge is -2.35. The van der Waals surface area contributed by atoms with Gasteiger partial charge >= 0.3 is 0 Å². The monoisotopic (exact) mass is 341 g/mol. The van der Waals surface area contributed by atoms with E-state index in [1.165, 1.54) is 35.1 Å². The van der Waals surface area contributed by atoms with Crippen LogP contribution in [0.5, 0.6) is 0 Å². The molecule has 1 aliphatic rings. The van der Waals surface area contributed by atoms with Crippen LogP contribution in [0.25, 0.3) is 0 Å². The van der Waals surface area contributed by atoms with E-state index in [-0.39, 0.29) is 0 Å². The van der Waals surface area contributed by atoms with E-state index in [9.17, 15) is 0 Å². The number of rotatable bonds is 5. The smallest absolute Gasteiger partial charge is 0.0766 e. The Balaban J connectivity index is 2.15. The van der Waals surface area contributed by atoms with Crippen LogP contribution in [0, 0.1) is 17.8 Å². The lowest BCUT2D eigenvalue weighted by molar-refractivity contribution is 0.183. The second-order valence-electron chi connectivity index (χ2n) is 6.38. The SMILES string of the molecule is CCc1nn(C)c(CC2CC(C)CCC2CNC)c1Br. The quantitative estimate of drug-likeness (QED) is 0.887. The van der Waals surface area contributed by atoms with Gasteiger partial charge in [0.1, 0.15) is 0 Å². The highest BCUT2D eigenvalue weighted by Crippen LogP contribution is 2.37. The standard InChI is InChI=1S/C16H28BrN3/c1-5-14-16(17)15(20(4)19-14)9-13-8-11(2)6-7-12(13)10-18-3/h11-13,18H,5-10H2,1-4H3. The average molecular weight is 342 g/mol. The van der Waals surface area contributed by atoms with Crippen molar-refractivity contribution in [2.45, 2.75) is 46.0 Å². The predicted molar refractivity (Wildman–Crippen MR) is 87.9 cm³/mol. The Morgan fingerprint density at radius 1 is 1.35 bits per heavy atom. The van der Waals surface area contributed by atoms with Gasteiger partial charge in [-0.15, -0.1) is 0 Å². The number of nitrogens with one attached hydrogen (secondary N) is 1. The Labute approximate surface area is 131 Å². The number of nitrogens with zero attached hydrogens (tertiary/aromatic N) is 2. The molecule has 1 heterocycles. The minimum absolute atomic E-state index is 0.780. The number of aryl methyl sites for hydroxylation is 2. The first-order valence-corrected chi connectivity index (χ1v) is 8.70. The summed E-state index contributed by atoms with van der Waals surface area (Å²) in [5, 5.41) is 8.02. The molecule has 4 heteroatoms. The topological polar surface area (TPSA) is 29.9 Å². The minimum Gasteiger partial charge on any atom is -0.319 e. The van der Waals surface area contributed by atoms with Crippen LogP contribution in [0.4, 0.5) is 0 Å². The molecule has 0 aliphatic heterocycles. The Kier molecular flexibility index (Phi) is 5.67. The lowest BCUT2D eigenvalue weighted by Crippen LogP contribution is -2.32. The number of halogens is 1. The van der Waals surface area contributed by atoms with Gasteiger partial charge in [-0.3, -0.25) is 4.68 Å². The number of hydrogen-bond donors (Lipinski definition) is 1. The third kappa shape index (κ3) is 3.45. The number of aromatic nitrogens is 2. The van der Waals surface area contributed by atoms with Gasteiger partial charge in [0.25, 0.3) is 0 Å². The first-order valence-electron chi connectivity index (χ1n) is 7.91. The van der Waals surface area contributed by atoms with Gasteiger partial charge in [0, 0.05) is 7.05 Å². The van der Waals surface area contributed by atoms with Crippen LogP contribution in [0.2, 0.25) is 0 Å². The molecule has 1 aromatic rings. The van der Waals surface area contributed by atoms with Gasteiger partial charge in [0.2, 0.25) is 0 Å². The molecule has 1 fully saturated rings. The van der Waals surface area contributed by atoms with E-state index in [1.54, 1.807) is 0 Å². The van der Waals surface area contributed by atoms with Crippen LogP contribution < -0.4 is 5.32 Å². The van der Waals surface area contributed by atoms with Crippen molar-refractivity contribution in [1.29, 1.82) is 0 Å². The van der Waals surface area contributed by atoms with Crippen molar-refractivity contribution in [2.75, 3.05) is 13.6 Å². The maximum absolute atomic E-state index is 4.64. The molecule has 1 aromatic heterocycles. The molecular formula is C16H28BrN3. The summed E-state index contributed by atoms with van der Waals surface area (Å²) in [6.45, 7) is 5.72. The van der Waals surface area contributed by atoms with Crippen LogP contribution in [0.15, 0.2) is 4.47 Å². The van der Waals surface area contributed by atoms with E-state index in [0.29, 0.717) is 0 Å². The summed E-state index contributed by atoms with van der Waals surface area (Å²) in [7, 11) is 4.16. The van der Waals surface area contributed by atoms with Crippen molar-refractivity contribution in [2.24, 2.45) is 24.8 Å². The van der Waals surface area contributed by atoms with Crippen molar-refractivity contribution in [3.05, 3.63) is 15.9 Å². The molecule has 20 heavy (non-hydrogen) atoms. The molecule has 1 saturated carbocycles. The zero-order valence-corrected chi connectivity index (χ0v) is 14.8. The predicted octanol–water partition coefficient (Wildman–Crippen LogP) is 3.56. The zero-order valence-electron chi connectivity index (χ0n) is 13.2. The molecule has 0 saturated heterocycles. The molecule has 0 bridgehead atoms. The summed E-state index contributed by atoms with van der Waals surface area (Å²) in [6.07, 6.45) is 6.25. The average Bonchev–Trinajstić information content (AvgIpc) is 2.69. The number of hydrogen-bond acceptors (Lipinski definition) is 2. The molecule has 1 aliphatic carbocycles. The highest BCUT2D eigenvalue weighted by Gasteiger charge is 2.30. The van der Waals surface area contributed by atoms with Crippen LogP contribution in [0.3, 0.4) is 0 Å². The fraction of sp³-hybridized carbons (Fsp3) is 0.812. The summed E-state index contributed by atoms with van der Waals surface area (Å²) in [6, 6.07) is 0. The van der Waals surface area contributed by atoms with Crippen LogP contribution in [0.1, 0.15) is 44.5 Å². The van der Waals surface area contributed by atoms with Gasteiger partial charge < -0.3 is 5.32 Å². The molecule has 0 amide bonds. The zero-order chi connectivity index (χ0) is 14.7. The fourth-order valence-electron chi connectivity index (χ4n) is 3.63. The van der Waals surface area contributed by atoms with Crippen molar-refractivity contribution >= 4 is 15.9 Å². The third-order valence-electron chi connectivity index (χ3n) is 4.83. The first kappa shape index (κ1) is 16.0. The fourth-order valence-corrected chi connectivity index (χ4v) is 4.41. The lowest BCUT2D eigenvalue weighted by atomic mass is 9.72. The summed E-state index contributed by atoms with van der Waals surface area (Å²) < 4.78 is 3.32. The first-order chi connectivity index (χ1) is 9.56. The van der Waals surface area contributed by atoms with Gasteiger partial charge in [-0.25, -0.2) is 0 Å². The maximum atomic E-state index is 4.64. The van der Waals surface area contributed by atoms with Gasteiger partial charge in [-0.05, 0) is 73.0 Å². The minimum atomic E-state index is 0.780. The largest absolute Gasteiger partial charge is 0.319 e. The van der Waals surface area contributed by atoms with E-state index in [1.807, 2.05) is 0 Å². The van der Waals surface area contributed by atoms with Gasteiger partial charge in [0.15, 0.2) is 0 Å². The molecule has 2 rings (SSSR count). The van der Waals surface area contributed by atoms with Crippen molar-refractivity contribution < 1.29 is 0 Å². The Bertz CT molecular complexity index is 441. The van der Waals surface area contributed by atoms with Gasteiger partial charge in [0.05, 0.1) is 15.9 Å². The molecule has 0 aromatic carbocycles. The van der Waals surface area contributed by atoms with Crippen LogP contribution in [-0.2, 0) is 19.9 Å². The highest BCUT2D eigenvalue weighted by molar-refractivity contribution is 9.10. The van der Waals surface area contributed by atoms with Crippen LogP contribution >= 0.6 is 15.9 Å². The van der Waals surface area contributed by atoms with E-state index in [4.69, 9.17) is 0 Å². The van der Waals surface area contributed by atoms with E-state index in [2.05, 4.69) is 59.0 Å². The van der Waals surface area contributed by atoms with E-state index >= 15 is 0 Å². The Morgan fingerprint density at radius 2 is 2.10 bits per heavy atom. The molecule has 0 spiro atoms. The summed E-state index contributed by atoms with van der Waals surface area (Å²) in [5.41, 5.74) is 2.57. The summed E-state index contributed by atoms with van der Waals surface area (Å²) in [5.74, 6) is 2.46. The second-order valence-corrected chi connectivity index (χ2v) is 7.18. The Morgan fingerprint density at radius 3 is 2.70 bits per heavy atom. The highest BCUT2D eigenvalue weighted by atomic mass is 79.9. The second kappa shape index (κ2) is 7.08. The molecule has 0 radical (unpaired) electrons. The van der Waals surface area contributed by atoms with Crippen molar-refractivity contribution in [3.8, 4) is 0 Å². The van der Waals surface area contributed by atoms with Crippen molar-refractivity contribution in [1.82, 2.24) is 15.1 Å². The molecule has 3 nitrogen and oxygen atoms in total. The molecular weight excluding hydrogens is 314 g/mol. The molecule has 3 atom stereocenters. The van der Waals surface area contributed by atoms with E-state index in [0.717, 1.165) is 37.1 Å².